The Kier molecular flexibility index (Phi) is 5.69. The second kappa shape index (κ2) is 8.79. The third-order valence-electron chi connectivity index (χ3n) is 9.99. The smallest absolute Gasteiger partial charge is 0.251 e. The van der Waals surface area contributed by atoms with Gasteiger partial charge in [-0.3, -0.25) is 4.79 Å². The number of aromatic nitrogens is 2. The molecule has 3 unspecified atom stereocenters. The summed E-state index contributed by atoms with van der Waals surface area (Å²) in [6, 6.07) is 23.2. The van der Waals surface area contributed by atoms with E-state index >= 15 is 0 Å². The quantitative estimate of drug-likeness (QED) is 0.198. The average molecular weight is 728 g/mol. The second-order valence-corrected chi connectivity index (χ2v) is 12.0. The number of carbonyl (C=O) groups is 1. The van der Waals surface area contributed by atoms with Gasteiger partial charge in [-0.05, 0) is 92.0 Å². The molecule has 6 nitrogen and oxygen atoms in total. The van der Waals surface area contributed by atoms with Crippen molar-refractivity contribution in [3.8, 4) is 11.4 Å². The van der Waals surface area contributed by atoms with E-state index in [-0.39, 0.29) is 47.6 Å². The van der Waals surface area contributed by atoms with E-state index in [0.29, 0.717) is 22.4 Å². The first-order valence-electron chi connectivity index (χ1n) is 13.4. The molecule has 38 heavy (non-hydrogen) atoms. The minimum atomic E-state index is -0.0170. The molecule has 4 fully saturated rings. The number of rotatable bonds is 5. The Morgan fingerprint density at radius 3 is 2.61 bits per heavy atom. The van der Waals surface area contributed by atoms with Gasteiger partial charge in [-0.15, -0.1) is 12.1 Å². The molecule has 1 aromatic heterocycles. The zero-order valence-corrected chi connectivity index (χ0v) is 25.3. The van der Waals surface area contributed by atoms with Crippen molar-refractivity contribution in [3.63, 3.8) is 0 Å². The van der Waals surface area contributed by atoms with Gasteiger partial charge in [-0.25, -0.2) is 4.98 Å². The van der Waals surface area contributed by atoms with Crippen molar-refractivity contribution in [2.24, 2.45) is 23.2 Å². The molecule has 3 N–H and O–H groups in total. The van der Waals surface area contributed by atoms with Crippen molar-refractivity contribution in [1.82, 2.24) is 15.3 Å². The molecule has 4 aromatic rings. The van der Waals surface area contributed by atoms with E-state index in [4.69, 9.17) is 4.98 Å². The van der Waals surface area contributed by atoms with Crippen molar-refractivity contribution in [2.75, 3.05) is 0 Å². The van der Waals surface area contributed by atoms with Crippen LogP contribution in [0.5, 0.6) is 0 Å². The summed E-state index contributed by atoms with van der Waals surface area (Å²) in [6.45, 7) is 0. The maximum Gasteiger partial charge on any atom is 0.251 e. The molecule has 4 aliphatic rings. The Balaban J connectivity index is 0.00000242. The van der Waals surface area contributed by atoms with Gasteiger partial charge in [0.25, 0.3) is 5.91 Å². The van der Waals surface area contributed by atoms with E-state index in [0.717, 1.165) is 46.6 Å². The summed E-state index contributed by atoms with van der Waals surface area (Å²) >= 11 is 0. The van der Waals surface area contributed by atoms with Gasteiger partial charge in [0.2, 0.25) is 0 Å². The van der Waals surface area contributed by atoms with Gasteiger partial charge in [-0.1, -0.05) is 0 Å². The number of benzene rings is 3. The number of imidazole rings is 1. The van der Waals surface area contributed by atoms with Crippen molar-refractivity contribution < 1.29 is 41.0 Å². The van der Waals surface area contributed by atoms with Gasteiger partial charge in [0, 0.05) is 65.6 Å². The summed E-state index contributed by atoms with van der Waals surface area (Å²) in [5.74, 6) is 3.32. The van der Waals surface area contributed by atoms with Gasteiger partial charge in [0.15, 0.2) is 0 Å². The van der Waals surface area contributed by atoms with E-state index < -0.39 is 0 Å². The molecule has 0 aliphatic heterocycles. The minimum Gasteiger partial charge on any atom is -0.625 e. The summed E-state index contributed by atoms with van der Waals surface area (Å²) in [5.41, 5.74) is 5.07. The number of amides is 1. The molecule has 3 aromatic carbocycles. The maximum absolute atomic E-state index is 13.4. The molecule has 1 amide bonds. The fraction of sp³-hybridized carbons (Fsp3) is 0.355. The molecule has 1 heterocycles. The summed E-state index contributed by atoms with van der Waals surface area (Å²) in [4.78, 5) is 21.5. The van der Waals surface area contributed by atoms with Crippen LogP contribution in [0.15, 0.2) is 66.7 Å². The van der Waals surface area contributed by atoms with Crippen LogP contribution in [0.4, 0.5) is 11.4 Å². The van der Waals surface area contributed by atoms with Crippen LogP contribution in [-0.4, -0.2) is 21.4 Å². The van der Waals surface area contributed by atoms with Crippen molar-refractivity contribution in [1.29, 1.82) is 0 Å². The van der Waals surface area contributed by atoms with Gasteiger partial charge in [0.1, 0.15) is 11.5 Å². The molecule has 6 atom stereocenters. The number of hydrogen-bond acceptors (Lipinski definition) is 3. The Morgan fingerprint density at radius 1 is 1.00 bits per heavy atom. The number of H-pyrrole nitrogens is 1. The van der Waals surface area contributed by atoms with E-state index in [1.54, 1.807) is 24.3 Å². The van der Waals surface area contributed by atoms with Crippen LogP contribution < -0.4 is 10.4 Å². The molecule has 4 aliphatic carbocycles. The second-order valence-electron chi connectivity index (χ2n) is 12.0. The molecule has 7 heteroatoms. The standard InChI is InChI=1S/C31H29N4O2.U/c36-29(34-30-15-19-12-22-14-23(17-30)31(22,16-19)18-30)21-8-11-26-27(13-21)33-28(32-26)20-6-9-25(10-7-20)35(37)24-4-2-1-3-5-24;/h2-11,13,19,22-23,35H,12,14-18H2,(H,32,33)(H,34,36);/q-1;/t19-,22-,23+,30?,31?;/m1./s1. The van der Waals surface area contributed by atoms with Crippen molar-refractivity contribution in [2.45, 2.75) is 44.1 Å². The maximum atomic E-state index is 13.4. The first kappa shape index (κ1) is 24.6. The third kappa shape index (κ3) is 3.67. The monoisotopic (exact) mass is 727 g/mol. The van der Waals surface area contributed by atoms with E-state index in [1.165, 1.54) is 32.1 Å². The third-order valence-corrected chi connectivity index (χ3v) is 9.99. The van der Waals surface area contributed by atoms with Crippen molar-refractivity contribution >= 4 is 28.3 Å². The largest absolute Gasteiger partial charge is 0.625 e. The molecule has 3 bridgehead atoms. The molecule has 1 spiro atoms. The predicted octanol–water partition coefficient (Wildman–Crippen LogP) is 5.07. The van der Waals surface area contributed by atoms with Gasteiger partial charge in [-0.2, -0.15) is 18.2 Å². The van der Waals surface area contributed by atoms with Crippen LogP contribution in [-0.2, 0) is 0 Å². The van der Waals surface area contributed by atoms with E-state index in [1.807, 2.05) is 42.5 Å². The first-order chi connectivity index (χ1) is 18.0. The zero-order valence-electron chi connectivity index (χ0n) is 21.1. The minimum absolute atomic E-state index is 0. The molecule has 4 saturated carbocycles. The number of quaternary nitrogens is 1. The summed E-state index contributed by atoms with van der Waals surface area (Å²) in [5, 5.41) is 16.2. The zero-order chi connectivity index (χ0) is 24.8. The van der Waals surface area contributed by atoms with E-state index in [9.17, 15) is 10.0 Å². The van der Waals surface area contributed by atoms with Crippen LogP contribution in [0.1, 0.15) is 48.9 Å². The van der Waals surface area contributed by atoms with Crippen LogP contribution in [0.25, 0.3) is 22.4 Å². The first-order valence-corrected chi connectivity index (χ1v) is 13.4. The number of fused-ring (bicyclic) bond motifs is 3. The summed E-state index contributed by atoms with van der Waals surface area (Å²) in [7, 11) is 0. The molecular formula is C31H29N4O2U-. The topological polar surface area (TPSA) is 85.3 Å². The number of carbonyl (C=O) groups excluding carboxylic acids is 1. The van der Waals surface area contributed by atoms with Gasteiger partial charge < -0.3 is 20.6 Å². The number of aromatic amines is 1. The van der Waals surface area contributed by atoms with Crippen molar-refractivity contribution in [3.05, 3.63) is 83.6 Å². The molecular weight excluding hydrogens is 698 g/mol. The number of hydrogen-bond donors (Lipinski definition) is 3. The SMILES string of the molecule is O=C(NC12C[C@H]3C[C@@H]4C[C@@H](C1)C4(C3)C2)c1ccc2nc(-c3ccc([NH+]([O-])c4cc[c-]cc4)cc3)[nH]c2c1.[U]. The summed E-state index contributed by atoms with van der Waals surface area (Å²) in [6.07, 6.45) is 7.70. The summed E-state index contributed by atoms with van der Waals surface area (Å²) < 4.78 is 0. The predicted molar refractivity (Wildman–Crippen MR) is 141 cm³/mol. The Labute approximate surface area is 245 Å². The molecule has 0 saturated heterocycles. The van der Waals surface area contributed by atoms with E-state index in [2.05, 4.69) is 16.4 Å². The fourth-order valence-electron chi connectivity index (χ4n) is 8.59. The van der Waals surface area contributed by atoms with Crippen LogP contribution >= 0.6 is 0 Å². The number of nitrogens with one attached hydrogen (secondary N) is 3. The molecule has 0 radical (unpaired) electrons. The molecule has 190 valence electrons. The molecule has 8 rings (SSSR count). The average Bonchev–Trinajstić information content (AvgIpc) is 3.49. The van der Waals surface area contributed by atoms with Crippen LogP contribution in [0.3, 0.4) is 0 Å². The Bertz CT molecular complexity index is 1530. The van der Waals surface area contributed by atoms with Gasteiger partial charge >= 0.3 is 0 Å². The number of nitrogens with zero attached hydrogens (tertiary/aromatic N) is 1. The fourth-order valence-corrected chi connectivity index (χ4v) is 8.59. The van der Waals surface area contributed by atoms with Gasteiger partial charge in [0.05, 0.1) is 11.0 Å². The normalized spacial score (nSPS) is 30.9. The van der Waals surface area contributed by atoms with Crippen LogP contribution in [0.2, 0.25) is 0 Å². The Hall–Kier alpha value is -2.43. The van der Waals surface area contributed by atoms with Crippen LogP contribution in [0, 0.1) is 65.6 Å². The Morgan fingerprint density at radius 2 is 1.79 bits per heavy atom.